The van der Waals surface area contributed by atoms with Crippen LogP contribution in [-0.2, 0) is 4.79 Å². The highest BCUT2D eigenvalue weighted by Crippen LogP contribution is 2.17. The summed E-state index contributed by atoms with van der Waals surface area (Å²) in [4.78, 5) is 11.7. The molecule has 1 rings (SSSR count). The van der Waals surface area contributed by atoms with Gasteiger partial charge in [-0.3, -0.25) is 4.79 Å². The van der Waals surface area contributed by atoms with Gasteiger partial charge in [0.2, 0.25) is 5.91 Å². The van der Waals surface area contributed by atoms with Gasteiger partial charge >= 0.3 is 0 Å². The molecule has 1 fully saturated rings. The lowest BCUT2D eigenvalue weighted by atomic mass is 10.2. The number of carbonyl (C=O) groups is 1. The molecule has 16 heavy (non-hydrogen) atoms. The zero-order chi connectivity index (χ0) is 11.8. The molecule has 0 aliphatic heterocycles. The van der Waals surface area contributed by atoms with Crippen LogP contribution in [0.5, 0.6) is 0 Å². The van der Waals surface area contributed by atoms with Gasteiger partial charge in [0.25, 0.3) is 0 Å². The maximum Gasteiger partial charge on any atom is 0.237 e. The van der Waals surface area contributed by atoms with Gasteiger partial charge < -0.3 is 10.6 Å². The van der Waals surface area contributed by atoms with E-state index in [9.17, 15) is 4.79 Å². The van der Waals surface area contributed by atoms with Crippen molar-refractivity contribution in [3.8, 4) is 12.3 Å². The van der Waals surface area contributed by atoms with Gasteiger partial charge in [0.1, 0.15) is 0 Å². The minimum Gasteiger partial charge on any atom is -0.352 e. The van der Waals surface area contributed by atoms with Crippen molar-refractivity contribution in [2.24, 2.45) is 0 Å². The molecule has 1 unspecified atom stereocenters. The van der Waals surface area contributed by atoms with Gasteiger partial charge in [-0.1, -0.05) is 12.8 Å². The predicted molar refractivity (Wildman–Crippen MR) is 65.9 cm³/mol. The molecule has 1 amide bonds. The maximum absolute atomic E-state index is 11.7. The Morgan fingerprint density at radius 3 is 2.81 bits per heavy atom. The van der Waals surface area contributed by atoms with Crippen molar-refractivity contribution < 1.29 is 4.79 Å². The van der Waals surface area contributed by atoms with Crippen molar-refractivity contribution in [2.45, 2.75) is 57.5 Å². The van der Waals surface area contributed by atoms with E-state index in [0.29, 0.717) is 6.04 Å². The molecule has 3 nitrogen and oxygen atoms in total. The summed E-state index contributed by atoms with van der Waals surface area (Å²) in [5, 5.41) is 6.26. The standard InChI is InChI=1S/C13H22N2O/c1-3-4-7-10-14-11(2)13(16)15-12-8-5-6-9-12/h1,11-12,14H,4-10H2,2H3,(H,15,16). The third-order valence-corrected chi connectivity index (χ3v) is 3.04. The zero-order valence-electron chi connectivity index (χ0n) is 10.1. The molecular formula is C13H22N2O. The Balaban J connectivity index is 2.12. The highest BCUT2D eigenvalue weighted by molar-refractivity contribution is 5.81. The number of hydrogen-bond acceptors (Lipinski definition) is 2. The van der Waals surface area contributed by atoms with Crippen LogP contribution < -0.4 is 10.6 Å². The molecular weight excluding hydrogens is 200 g/mol. The molecule has 1 saturated carbocycles. The van der Waals surface area contributed by atoms with Crippen LogP contribution in [0, 0.1) is 12.3 Å². The highest BCUT2D eigenvalue weighted by atomic mass is 16.2. The van der Waals surface area contributed by atoms with Gasteiger partial charge in [0.05, 0.1) is 6.04 Å². The second kappa shape index (κ2) is 7.29. The minimum absolute atomic E-state index is 0.113. The molecule has 1 aliphatic rings. The fourth-order valence-corrected chi connectivity index (χ4v) is 2.00. The average molecular weight is 222 g/mol. The first-order valence-corrected chi connectivity index (χ1v) is 6.21. The number of nitrogens with one attached hydrogen (secondary N) is 2. The molecule has 3 heteroatoms. The SMILES string of the molecule is C#CCCCNC(C)C(=O)NC1CCCC1. The molecule has 0 radical (unpaired) electrons. The van der Waals surface area contributed by atoms with Crippen molar-refractivity contribution >= 4 is 5.91 Å². The van der Waals surface area contributed by atoms with Crippen molar-refractivity contribution in [3.05, 3.63) is 0 Å². The van der Waals surface area contributed by atoms with E-state index in [2.05, 4.69) is 16.6 Å². The predicted octanol–water partition coefficient (Wildman–Crippen LogP) is 1.44. The Kier molecular flexibility index (Phi) is 5.95. The summed E-state index contributed by atoms with van der Waals surface area (Å²) in [5.41, 5.74) is 0. The van der Waals surface area contributed by atoms with Crippen molar-refractivity contribution in [2.75, 3.05) is 6.54 Å². The minimum atomic E-state index is -0.113. The van der Waals surface area contributed by atoms with Crippen LogP contribution in [0.15, 0.2) is 0 Å². The molecule has 0 heterocycles. The topological polar surface area (TPSA) is 41.1 Å². The van der Waals surface area contributed by atoms with Crippen LogP contribution >= 0.6 is 0 Å². The first kappa shape index (κ1) is 13.1. The van der Waals surface area contributed by atoms with Crippen LogP contribution in [0.4, 0.5) is 0 Å². The molecule has 90 valence electrons. The third kappa shape index (κ3) is 4.67. The van der Waals surface area contributed by atoms with E-state index in [0.717, 1.165) is 32.2 Å². The molecule has 1 aliphatic carbocycles. The number of terminal acetylenes is 1. The normalized spacial score (nSPS) is 18.0. The lowest BCUT2D eigenvalue weighted by Crippen LogP contribution is -2.45. The van der Waals surface area contributed by atoms with Crippen LogP contribution in [-0.4, -0.2) is 24.5 Å². The van der Waals surface area contributed by atoms with E-state index in [1.54, 1.807) is 0 Å². The summed E-state index contributed by atoms with van der Waals surface area (Å²) in [6.07, 6.45) is 11.6. The summed E-state index contributed by atoms with van der Waals surface area (Å²) in [6.45, 7) is 2.71. The zero-order valence-corrected chi connectivity index (χ0v) is 10.1. The molecule has 0 bridgehead atoms. The second-order valence-electron chi connectivity index (χ2n) is 4.47. The molecule has 0 aromatic heterocycles. The number of unbranched alkanes of at least 4 members (excludes halogenated alkanes) is 1. The number of rotatable bonds is 6. The van der Waals surface area contributed by atoms with Crippen LogP contribution in [0.1, 0.15) is 45.4 Å². The van der Waals surface area contributed by atoms with Crippen LogP contribution in [0.25, 0.3) is 0 Å². The summed E-state index contributed by atoms with van der Waals surface area (Å²) in [6, 6.07) is 0.292. The van der Waals surface area contributed by atoms with Gasteiger partial charge in [0.15, 0.2) is 0 Å². The number of hydrogen-bond donors (Lipinski definition) is 2. The smallest absolute Gasteiger partial charge is 0.237 e. The molecule has 0 spiro atoms. The summed E-state index contributed by atoms with van der Waals surface area (Å²) in [7, 11) is 0. The highest BCUT2D eigenvalue weighted by Gasteiger charge is 2.19. The van der Waals surface area contributed by atoms with E-state index < -0.39 is 0 Å². The second-order valence-corrected chi connectivity index (χ2v) is 4.47. The number of amides is 1. The first-order chi connectivity index (χ1) is 7.74. The molecule has 2 N–H and O–H groups in total. The fourth-order valence-electron chi connectivity index (χ4n) is 2.00. The van der Waals surface area contributed by atoms with Crippen LogP contribution in [0.2, 0.25) is 0 Å². The van der Waals surface area contributed by atoms with Gasteiger partial charge in [0, 0.05) is 12.5 Å². The van der Waals surface area contributed by atoms with E-state index in [1.807, 2.05) is 6.92 Å². The number of carbonyl (C=O) groups excluding carboxylic acids is 1. The van der Waals surface area contributed by atoms with Gasteiger partial charge in [-0.15, -0.1) is 12.3 Å². The van der Waals surface area contributed by atoms with E-state index in [1.165, 1.54) is 12.8 Å². The third-order valence-electron chi connectivity index (χ3n) is 3.04. The van der Waals surface area contributed by atoms with Gasteiger partial charge in [-0.25, -0.2) is 0 Å². The Labute approximate surface area is 98.4 Å². The molecule has 1 atom stereocenters. The summed E-state index contributed by atoms with van der Waals surface area (Å²) < 4.78 is 0. The van der Waals surface area contributed by atoms with Crippen molar-refractivity contribution in [1.82, 2.24) is 10.6 Å². The lowest BCUT2D eigenvalue weighted by molar-refractivity contribution is -0.123. The van der Waals surface area contributed by atoms with Gasteiger partial charge in [-0.05, 0) is 32.7 Å². The first-order valence-electron chi connectivity index (χ1n) is 6.21. The Bertz CT molecular complexity index is 251. The molecule has 0 saturated heterocycles. The monoisotopic (exact) mass is 222 g/mol. The van der Waals surface area contributed by atoms with Crippen molar-refractivity contribution in [3.63, 3.8) is 0 Å². The lowest BCUT2D eigenvalue weighted by Gasteiger charge is -2.17. The van der Waals surface area contributed by atoms with Crippen molar-refractivity contribution in [1.29, 1.82) is 0 Å². The van der Waals surface area contributed by atoms with Crippen LogP contribution in [0.3, 0.4) is 0 Å². The Morgan fingerprint density at radius 1 is 1.50 bits per heavy atom. The average Bonchev–Trinajstić information content (AvgIpc) is 2.76. The Morgan fingerprint density at radius 2 is 2.19 bits per heavy atom. The van der Waals surface area contributed by atoms with E-state index in [4.69, 9.17) is 6.42 Å². The summed E-state index contributed by atoms with van der Waals surface area (Å²) in [5.74, 6) is 2.71. The van der Waals surface area contributed by atoms with E-state index in [-0.39, 0.29) is 11.9 Å². The summed E-state index contributed by atoms with van der Waals surface area (Å²) >= 11 is 0. The largest absolute Gasteiger partial charge is 0.352 e. The maximum atomic E-state index is 11.7. The fraction of sp³-hybridized carbons (Fsp3) is 0.769. The quantitative estimate of drug-likeness (QED) is 0.527. The Hall–Kier alpha value is -1.01. The van der Waals surface area contributed by atoms with Gasteiger partial charge in [-0.2, -0.15) is 0 Å². The molecule has 0 aromatic carbocycles. The van der Waals surface area contributed by atoms with E-state index >= 15 is 0 Å². The molecule has 0 aromatic rings.